The summed E-state index contributed by atoms with van der Waals surface area (Å²) in [4.78, 5) is 25.8. The first-order valence-corrected chi connectivity index (χ1v) is 8.73. The van der Waals surface area contributed by atoms with Crippen molar-refractivity contribution in [3.63, 3.8) is 0 Å². The summed E-state index contributed by atoms with van der Waals surface area (Å²) in [6.45, 7) is 4.79. The zero-order valence-electron chi connectivity index (χ0n) is 14.0. The van der Waals surface area contributed by atoms with Crippen LogP contribution in [0.2, 0.25) is 0 Å². The van der Waals surface area contributed by atoms with Gasteiger partial charge in [0, 0.05) is 18.9 Å². The molecule has 7 heteroatoms. The molecule has 0 spiro atoms. The molecule has 1 aromatic carbocycles. The Morgan fingerprint density at radius 1 is 1.24 bits per heavy atom. The highest BCUT2D eigenvalue weighted by molar-refractivity contribution is 7.17. The van der Waals surface area contributed by atoms with E-state index in [2.05, 4.69) is 20.3 Å². The molecule has 0 aliphatic heterocycles. The molecule has 6 nitrogen and oxygen atoms in total. The zero-order valence-corrected chi connectivity index (χ0v) is 14.8. The monoisotopic (exact) mass is 354 g/mol. The second-order valence-electron chi connectivity index (χ2n) is 5.27. The summed E-state index contributed by atoms with van der Waals surface area (Å²) in [7, 11) is 0. The molecule has 3 aromatic rings. The van der Waals surface area contributed by atoms with E-state index in [1.54, 1.807) is 18.5 Å². The van der Waals surface area contributed by atoms with Crippen LogP contribution in [0.4, 0.5) is 0 Å². The Hall–Kier alpha value is -2.80. The highest BCUT2D eigenvalue weighted by Crippen LogP contribution is 2.25. The Labute approximate surface area is 149 Å². The lowest BCUT2D eigenvalue weighted by Crippen LogP contribution is -2.22. The molecule has 0 unspecified atom stereocenters. The van der Waals surface area contributed by atoms with Crippen LogP contribution in [0.3, 0.4) is 0 Å². The third kappa shape index (κ3) is 4.19. The summed E-state index contributed by atoms with van der Waals surface area (Å²) in [6, 6.07) is 9.43. The number of hydrogen-bond donors (Lipinski definition) is 1. The minimum Gasteiger partial charge on any atom is -0.494 e. The van der Waals surface area contributed by atoms with Crippen molar-refractivity contribution in [2.75, 3.05) is 6.61 Å². The van der Waals surface area contributed by atoms with Crippen molar-refractivity contribution in [1.29, 1.82) is 0 Å². The molecule has 0 fully saturated rings. The van der Waals surface area contributed by atoms with Crippen LogP contribution in [0.25, 0.3) is 10.8 Å². The van der Waals surface area contributed by atoms with Crippen LogP contribution in [0.5, 0.6) is 5.75 Å². The van der Waals surface area contributed by atoms with Crippen molar-refractivity contribution in [3.8, 4) is 16.6 Å². The van der Waals surface area contributed by atoms with E-state index < -0.39 is 0 Å². The SMILES string of the molecule is CCOc1cccc(CNC(=O)c2sc(-c3ncccn3)nc2C)c1. The maximum absolute atomic E-state index is 12.5. The van der Waals surface area contributed by atoms with Crippen molar-refractivity contribution in [3.05, 3.63) is 58.9 Å². The quantitative estimate of drug-likeness (QED) is 0.735. The molecule has 0 saturated carbocycles. The lowest BCUT2D eigenvalue weighted by atomic mass is 10.2. The normalized spacial score (nSPS) is 10.5. The van der Waals surface area contributed by atoms with Gasteiger partial charge < -0.3 is 10.1 Å². The van der Waals surface area contributed by atoms with E-state index >= 15 is 0 Å². The van der Waals surface area contributed by atoms with E-state index in [0.717, 1.165) is 11.3 Å². The van der Waals surface area contributed by atoms with Crippen molar-refractivity contribution >= 4 is 17.2 Å². The van der Waals surface area contributed by atoms with E-state index in [4.69, 9.17) is 4.74 Å². The number of hydrogen-bond acceptors (Lipinski definition) is 6. The maximum Gasteiger partial charge on any atom is 0.263 e. The Kier molecular flexibility index (Phi) is 5.35. The summed E-state index contributed by atoms with van der Waals surface area (Å²) >= 11 is 1.29. The van der Waals surface area contributed by atoms with E-state index in [1.165, 1.54) is 11.3 Å². The van der Waals surface area contributed by atoms with Crippen molar-refractivity contribution in [2.45, 2.75) is 20.4 Å². The minimum absolute atomic E-state index is 0.154. The van der Waals surface area contributed by atoms with Crippen LogP contribution in [0, 0.1) is 6.92 Å². The first-order valence-electron chi connectivity index (χ1n) is 7.92. The third-order valence-electron chi connectivity index (χ3n) is 3.42. The molecule has 1 amide bonds. The van der Waals surface area contributed by atoms with Crippen LogP contribution < -0.4 is 10.1 Å². The second-order valence-corrected chi connectivity index (χ2v) is 6.27. The largest absolute Gasteiger partial charge is 0.494 e. The lowest BCUT2D eigenvalue weighted by molar-refractivity contribution is 0.0954. The number of rotatable bonds is 6. The van der Waals surface area contributed by atoms with Gasteiger partial charge in [-0.25, -0.2) is 15.0 Å². The number of nitrogens with zero attached hydrogens (tertiary/aromatic N) is 3. The molecule has 0 radical (unpaired) electrons. The molecule has 3 rings (SSSR count). The summed E-state index contributed by atoms with van der Waals surface area (Å²) in [5.41, 5.74) is 1.65. The van der Waals surface area contributed by atoms with Crippen LogP contribution >= 0.6 is 11.3 Å². The van der Waals surface area contributed by atoms with E-state index in [-0.39, 0.29) is 5.91 Å². The fraction of sp³-hybridized carbons (Fsp3) is 0.222. The first-order chi connectivity index (χ1) is 12.2. The Morgan fingerprint density at radius 3 is 2.80 bits per heavy atom. The van der Waals surface area contributed by atoms with E-state index in [0.29, 0.717) is 34.6 Å². The summed E-state index contributed by atoms with van der Waals surface area (Å²) in [6.07, 6.45) is 3.31. The van der Waals surface area contributed by atoms with Gasteiger partial charge in [-0.2, -0.15) is 0 Å². The molecular weight excluding hydrogens is 336 g/mol. The molecule has 0 saturated heterocycles. The Balaban J connectivity index is 1.69. The van der Waals surface area contributed by atoms with Gasteiger partial charge in [-0.05, 0) is 37.6 Å². The predicted molar refractivity (Wildman–Crippen MR) is 96.7 cm³/mol. The molecule has 2 heterocycles. The predicted octanol–water partition coefficient (Wildman–Crippen LogP) is 3.24. The lowest BCUT2D eigenvalue weighted by Gasteiger charge is -2.07. The number of amides is 1. The van der Waals surface area contributed by atoms with Gasteiger partial charge in [0.25, 0.3) is 5.91 Å². The molecule has 0 aliphatic carbocycles. The second kappa shape index (κ2) is 7.85. The first kappa shape index (κ1) is 17.0. The van der Waals surface area contributed by atoms with Crippen LogP contribution in [-0.4, -0.2) is 27.5 Å². The number of benzene rings is 1. The summed E-state index contributed by atoms with van der Waals surface area (Å²) in [5.74, 6) is 1.17. The molecule has 0 atom stereocenters. The highest BCUT2D eigenvalue weighted by atomic mass is 32.1. The van der Waals surface area contributed by atoms with Gasteiger partial charge in [-0.1, -0.05) is 12.1 Å². The average Bonchev–Trinajstić information content (AvgIpc) is 3.03. The topological polar surface area (TPSA) is 77.0 Å². The fourth-order valence-corrected chi connectivity index (χ4v) is 3.22. The molecule has 2 aromatic heterocycles. The number of carbonyl (C=O) groups excluding carboxylic acids is 1. The average molecular weight is 354 g/mol. The van der Waals surface area contributed by atoms with Crippen molar-refractivity contribution in [2.24, 2.45) is 0 Å². The van der Waals surface area contributed by atoms with Crippen LogP contribution in [-0.2, 0) is 6.54 Å². The van der Waals surface area contributed by atoms with Crippen LogP contribution in [0.1, 0.15) is 27.9 Å². The number of carbonyl (C=O) groups is 1. The fourth-order valence-electron chi connectivity index (χ4n) is 2.29. The summed E-state index contributed by atoms with van der Waals surface area (Å²) in [5, 5.41) is 3.57. The molecular formula is C18H18N4O2S. The van der Waals surface area contributed by atoms with Crippen molar-refractivity contribution < 1.29 is 9.53 Å². The van der Waals surface area contributed by atoms with Gasteiger partial charge in [-0.3, -0.25) is 4.79 Å². The number of ether oxygens (including phenoxy) is 1. The number of aromatic nitrogens is 3. The third-order valence-corrected chi connectivity index (χ3v) is 4.57. The van der Waals surface area contributed by atoms with Gasteiger partial charge in [0.05, 0.1) is 12.3 Å². The van der Waals surface area contributed by atoms with Gasteiger partial charge in [0.15, 0.2) is 10.8 Å². The molecule has 128 valence electrons. The summed E-state index contributed by atoms with van der Waals surface area (Å²) < 4.78 is 5.47. The molecule has 1 N–H and O–H groups in total. The molecule has 25 heavy (non-hydrogen) atoms. The maximum atomic E-state index is 12.5. The van der Waals surface area contributed by atoms with E-state index in [9.17, 15) is 4.79 Å². The zero-order chi connectivity index (χ0) is 17.6. The van der Waals surface area contributed by atoms with Gasteiger partial charge in [0.2, 0.25) is 0 Å². The van der Waals surface area contributed by atoms with Crippen molar-refractivity contribution in [1.82, 2.24) is 20.3 Å². The minimum atomic E-state index is -0.154. The van der Waals surface area contributed by atoms with Gasteiger partial charge in [-0.15, -0.1) is 11.3 Å². The highest BCUT2D eigenvalue weighted by Gasteiger charge is 2.17. The molecule has 0 aliphatic rings. The van der Waals surface area contributed by atoms with Gasteiger partial charge in [0.1, 0.15) is 10.6 Å². The van der Waals surface area contributed by atoms with Crippen LogP contribution in [0.15, 0.2) is 42.7 Å². The standard InChI is InChI=1S/C18H18N4O2S/c1-3-24-14-7-4-6-13(10-14)11-21-17(23)15-12(2)22-18(25-15)16-19-8-5-9-20-16/h4-10H,3,11H2,1-2H3,(H,21,23). The van der Waals surface area contributed by atoms with Gasteiger partial charge >= 0.3 is 0 Å². The van der Waals surface area contributed by atoms with E-state index in [1.807, 2.05) is 38.1 Å². The Bertz CT molecular complexity index is 865. The number of aryl methyl sites for hydroxylation is 1. The Morgan fingerprint density at radius 2 is 2.04 bits per heavy atom. The number of nitrogens with one attached hydrogen (secondary N) is 1. The molecule has 0 bridgehead atoms. The smallest absolute Gasteiger partial charge is 0.263 e. The number of thiazole rings is 1.